The molecule has 2 aromatic rings. The number of para-hydroxylation sites is 1. The van der Waals surface area contributed by atoms with E-state index in [0.29, 0.717) is 6.54 Å². The molecule has 0 spiro atoms. The first-order valence-electron chi connectivity index (χ1n) is 8.92. The maximum Gasteiger partial charge on any atom is 0.272 e. The van der Waals surface area contributed by atoms with Crippen molar-refractivity contribution in [3.63, 3.8) is 0 Å². The van der Waals surface area contributed by atoms with E-state index in [9.17, 15) is 4.79 Å². The maximum absolute atomic E-state index is 13.2. The van der Waals surface area contributed by atoms with Gasteiger partial charge in [-0.15, -0.1) is 0 Å². The number of benzene rings is 2. The van der Waals surface area contributed by atoms with E-state index >= 15 is 0 Å². The molecular weight excluding hydrogens is 310 g/mol. The third-order valence-electron chi connectivity index (χ3n) is 4.10. The minimum atomic E-state index is 0.0488. The Morgan fingerprint density at radius 1 is 0.920 bits per heavy atom. The Morgan fingerprint density at radius 3 is 2.00 bits per heavy atom. The van der Waals surface area contributed by atoms with Crippen molar-refractivity contribution >= 4 is 11.6 Å². The summed E-state index contributed by atoms with van der Waals surface area (Å²) in [6.45, 7) is 4.54. The summed E-state index contributed by atoms with van der Waals surface area (Å²) in [4.78, 5) is 13.2. The van der Waals surface area contributed by atoms with Crippen LogP contribution >= 0.6 is 0 Å². The van der Waals surface area contributed by atoms with Gasteiger partial charge < -0.3 is 4.48 Å². The van der Waals surface area contributed by atoms with Crippen molar-refractivity contribution in [3.05, 3.63) is 66.2 Å². The number of hydrogen-bond acceptors (Lipinski definition) is 2. The van der Waals surface area contributed by atoms with Crippen LogP contribution in [0.25, 0.3) is 0 Å². The fraction of sp³-hybridized carbons (Fsp3) is 0.381. The van der Waals surface area contributed by atoms with E-state index in [1.807, 2.05) is 53.5 Å². The predicted molar refractivity (Wildman–Crippen MR) is 104 cm³/mol. The number of hydrazine groups is 1. The van der Waals surface area contributed by atoms with E-state index in [1.54, 1.807) is 0 Å². The minimum absolute atomic E-state index is 0.0488. The van der Waals surface area contributed by atoms with Crippen molar-refractivity contribution in [3.8, 4) is 0 Å². The second-order valence-corrected chi connectivity index (χ2v) is 7.21. The first-order chi connectivity index (χ1) is 11.9. The normalized spacial score (nSPS) is 11.2. The van der Waals surface area contributed by atoms with Crippen LogP contribution in [0.5, 0.6) is 0 Å². The molecule has 25 heavy (non-hydrogen) atoms. The van der Waals surface area contributed by atoms with Gasteiger partial charge in [0, 0.05) is 25.1 Å². The lowest BCUT2D eigenvalue weighted by atomic mass is 10.2. The van der Waals surface area contributed by atoms with Gasteiger partial charge in [0.1, 0.15) is 0 Å². The Balaban J connectivity index is 2.25. The highest BCUT2D eigenvalue weighted by Gasteiger charge is 2.22. The number of carbonyl (C=O) groups is 1. The summed E-state index contributed by atoms with van der Waals surface area (Å²) in [5.41, 5.74) is 1.77. The van der Waals surface area contributed by atoms with Crippen LogP contribution in [-0.4, -0.2) is 56.2 Å². The Labute approximate surface area is 151 Å². The van der Waals surface area contributed by atoms with Crippen LogP contribution < -0.4 is 5.01 Å². The summed E-state index contributed by atoms with van der Waals surface area (Å²) < 4.78 is 0.894. The van der Waals surface area contributed by atoms with Gasteiger partial charge in [-0.1, -0.05) is 36.4 Å². The zero-order chi connectivity index (χ0) is 18.3. The standard InChI is InChI=1S/C21H30N3O/c1-5-22(20-15-10-7-11-16-20)23(17-12-18-24(2,3)4)21(25)19-13-8-6-9-14-19/h6-11,13-16H,5,12,17-18H2,1-4H3/q+1. The van der Waals surface area contributed by atoms with Crippen molar-refractivity contribution in [1.82, 2.24) is 5.01 Å². The molecule has 0 aliphatic heterocycles. The number of anilines is 1. The number of rotatable bonds is 8. The molecule has 0 aliphatic rings. The molecule has 2 aromatic carbocycles. The van der Waals surface area contributed by atoms with Crippen LogP contribution in [0, 0.1) is 0 Å². The molecule has 0 heterocycles. The molecule has 2 rings (SSSR count). The molecule has 0 aliphatic carbocycles. The van der Waals surface area contributed by atoms with E-state index in [0.717, 1.165) is 35.2 Å². The molecule has 0 atom stereocenters. The first-order valence-corrected chi connectivity index (χ1v) is 8.92. The van der Waals surface area contributed by atoms with Crippen LogP contribution in [-0.2, 0) is 0 Å². The van der Waals surface area contributed by atoms with E-state index in [2.05, 4.69) is 45.2 Å². The molecule has 0 N–H and O–H groups in total. The van der Waals surface area contributed by atoms with E-state index < -0.39 is 0 Å². The number of amides is 1. The highest BCUT2D eigenvalue weighted by Crippen LogP contribution is 2.18. The van der Waals surface area contributed by atoms with Crippen LogP contribution in [0.3, 0.4) is 0 Å². The molecule has 0 bridgehead atoms. The fourth-order valence-electron chi connectivity index (χ4n) is 2.85. The molecule has 0 saturated carbocycles. The Kier molecular flexibility index (Phi) is 6.59. The van der Waals surface area contributed by atoms with Gasteiger partial charge in [-0.3, -0.25) is 9.80 Å². The van der Waals surface area contributed by atoms with Gasteiger partial charge >= 0.3 is 0 Å². The topological polar surface area (TPSA) is 23.6 Å². The lowest BCUT2D eigenvalue weighted by Gasteiger charge is -2.36. The molecule has 0 aromatic heterocycles. The molecule has 4 nitrogen and oxygen atoms in total. The number of quaternary nitrogens is 1. The Morgan fingerprint density at radius 2 is 1.48 bits per heavy atom. The summed E-state index contributed by atoms with van der Waals surface area (Å²) in [5, 5.41) is 3.96. The summed E-state index contributed by atoms with van der Waals surface area (Å²) in [7, 11) is 6.54. The maximum atomic E-state index is 13.2. The molecule has 0 saturated heterocycles. The molecular formula is C21H30N3O+. The molecule has 4 heteroatoms. The monoisotopic (exact) mass is 340 g/mol. The van der Waals surface area contributed by atoms with Crippen LogP contribution in [0.4, 0.5) is 5.69 Å². The third-order valence-corrected chi connectivity index (χ3v) is 4.10. The van der Waals surface area contributed by atoms with Gasteiger partial charge in [0.05, 0.1) is 33.4 Å². The highest BCUT2D eigenvalue weighted by atomic mass is 16.2. The van der Waals surface area contributed by atoms with Gasteiger partial charge in [0.15, 0.2) is 0 Å². The summed E-state index contributed by atoms with van der Waals surface area (Å²) in [6, 6.07) is 19.6. The molecule has 1 amide bonds. The number of nitrogens with zero attached hydrogens (tertiary/aromatic N) is 3. The predicted octanol–water partition coefficient (Wildman–Crippen LogP) is 3.67. The van der Waals surface area contributed by atoms with Crippen molar-refractivity contribution in [1.29, 1.82) is 0 Å². The second-order valence-electron chi connectivity index (χ2n) is 7.21. The van der Waals surface area contributed by atoms with Gasteiger partial charge in [-0.2, -0.15) is 0 Å². The zero-order valence-corrected chi connectivity index (χ0v) is 15.9. The molecule has 0 unspecified atom stereocenters. The Hall–Kier alpha value is -2.33. The average molecular weight is 340 g/mol. The lowest BCUT2D eigenvalue weighted by Crippen LogP contribution is -2.48. The summed E-state index contributed by atoms with van der Waals surface area (Å²) in [6.07, 6.45) is 0.950. The van der Waals surface area contributed by atoms with Gasteiger partial charge in [-0.25, -0.2) is 5.01 Å². The zero-order valence-electron chi connectivity index (χ0n) is 15.9. The van der Waals surface area contributed by atoms with Crippen LogP contribution in [0.2, 0.25) is 0 Å². The van der Waals surface area contributed by atoms with Crippen LogP contribution in [0.1, 0.15) is 23.7 Å². The van der Waals surface area contributed by atoms with Crippen molar-refractivity contribution < 1.29 is 9.28 Å². The third kappa shape index (κ3) is 5.61. The molecule has 134 valence electrons. The average Bonchev–Trinajstić information content (AvgIpc) is 2.61. The van der Waals surface area contributed by atoms with Gasteiger partial charge in [-0.05, 0) is 31.2 Å². The quantitative estimate of drug-likeness (QED) is 0.541. The van der Waals surface area contributed by atoms with E-state index in [4.69, 9.17) is 0 Å². The smallest absolute Gasteiger partial charge is 0.272 e. The second kappa shape index (κ2) is 8.67. The largest absolute Gasteiger partial charge is 0.331 e. The summed E-state index contributed by atoms with van der Waals surface area (Å²) in [5.74, 6) is 0.0488. The highest BCUT2D eigenvalue weighted by molar-refractivity contribution is 5.95. The lowest BCUT2D eigenvalue weighted by molar-refractivity contribution is -0.870. The van der Waals surface area contributed by atoms with E-state index in [-0.39, 0.29) is 5.91 Å². The van der Waals surface area contributed by atoms with E-state index in [1.165, 1.54) is 0 Å². The first kappa shape index (κ1) is 19.0. The van der Waals surface area contributed by atoms with Crippen molar-refractivity contribution in [2.45, 2.75) is 13.3 Å². The molecule has 0 radical (unpaired) electrons. The van der Waals surface area contributed by atoms with Crippen molar-refractivity contribution in [2.24, 2.45) is 0 Å². The Bertz CT molecular complexity index is 650. The number of hydrogen-bond donors (Lipinski definition) is 0. The molecule has 0 fully saturated rings. The number of carbonyl (C=O) groups excluding carboxylic acids is 1. The van der Waals surface area contributed by atoms with Gasteiger partial charge in [0.25, 0.3) is 5.91 Å². The van der Waals surface area contributed by atoms with Gasteiger partial charge in [0.2, 0.25) is 0 Å². The van der Waals surface area contributed by atoms with Crippen LogP contribution in [0.15, 0.2) is 60.7 Å². The van der Waals surface area contributed by atoms with Crippen molar-refractivity contribution in [2.75, 3.05) is 45.8 Å². The minimum Gasteiger partial charge on any atom is -0.331 e. The fourth-order valence-corrected chi connectivity index (χ4v) is 2.85. The summed E-state index contributed by atoms with van der Waals surface area (Å²) >= 11 is 0. The SMILES string of the molecule is CCN(c1ccccc1)N(CCC[N+](C)(C)C)C(=O)c1ccccc1.